The van der Waals surface area contributed by atoms with Crippen molar-refractivity contribution in [1.82, 2.24) is 4.72 Å². The highest BCUT2D eigenvalue weighted by molar-refractivity contribution is 7.88. The van der Waals surface area contributed by atoms with Crippen molar-refractivity contribution in [2.75, 3.05) is 13.2 Å². The van der Waals surface area contributed by atoms with Crippen LogP contribution in [0.3, 0.4) is 0 Å². The van der Waals surface area contributed by atoms with Crippen LogP contribution in [-0.4, -0.2) is 26.7 Å². The summed E-state index contributed by atoms with van der Waals surface area (Å²) in [6.07, 6.45) is 0.527. The van der Waals surface area contributed by atoms with Gasteiger partial charge >= 0.3 is 0 Å². The van der Waals surface area contributed by atoms with Crippen LogP contribution in [-0.2, 0) is 15.8 Å². The van der Waals surface area contributed by atoms with Crippen LogP contribution < -0.4 is 4.72 Å². The quantitative estimate of drug-likeness (QED) is 0.795. The van der Waals surface area contributed by atoms with E-state index in [0.717, 1.165) is 0 Å². The number of aliphatic hydroxyl groups is 1. The van der Waals surface area contributed by atoms with E-state index in [-0.39, 0.29) is 24.3 Å². The maximum absolute atomic E-state index is 12.0. The molecule has 0 saturated carbocycles. The third-order valence-electron chi connectivity index (χ3n) is 2.97. The highest BCUT2D eigenvalue weighted by atomic mass is 32.2. The number of hydrogen-bond acceptors (Lipinski definition) is 4. The summed E-state index contributed by atoms with van der Waals surface area (Å²) in [6.45, 7) is 4.08. The molecule has 0 saturated heterocycles. The number of nitrogens with one attached hydrogen (secondary N) is 1. The van der Waals surface area contributed by atoms with Crippen LogP contribution in [0.5, 0.6) is 0 Å². The van der Waals surface area contributed by atoms with Gasteiger partial charge in [0.1, 0.15) is 0 Å². The number of aliphatic hydroxyl groups excluding tert-OH is 1. The smallest absolute Gasteiger partial charge is 0.215 e. The standard InChI is InChI=1S/C14H20N2O3S/c1-14(2,6-7-17)11-16-20(18,19)10-13-5-3-4-12(8-13)9-15/h3-5,8,16-17H,6-7,10-11H2,1-2H3. The average molecular weight is 296 g/mol. The number of nitriles is 1. The first-order chi connectivity index (χ1) is 9.28. The SMILES string of the molecule is CC(C)(CCO)CNS(=O)(=O)Cc1cccc(C#N)c1. The Morgan fingerprint density at radius 3 is 2.70 bits per heavy atom. The van der Waals surface area contributed by atoms with Crippen LogP contribution in [0.25, 0.3) is 0 Å². The van der Waals surface area contributed by atoms with Gasteiger partial charge in [0.25, 0.3) is 0 Å². The molecule has 110 valence electrons. The van der Waals surface area contributed by atoms with Crippen molar-refractivity contribution in [2.24, 2.45) is 5.41 Å². The summed E-state index contributed by atoms with van der Waals surface area (Å²) in [5, 5.41) is 17.7. The second-order valence-corrected chi connectivity index (χ2v) is 7.34. The van der Waals surface area contributed by atoms with Crippen molar-refractivity contribution in [2.45, 2.75) is 26.0 Å². The molecule has 1 aromatic carbocycles. The lowest BCUT2D eigenvalue weighted by atomic mass is 9.90. The Balaban J connectivity index is 2.68. The molecule has 0 spiro atoms. The minimum Gasteiger partial charge on any atom is -0.396 e. The fourth-order valence-corrected chi connectivity index (χ4v) is 3.03. The molecular weight excluding hydrogens is 276 g/mol. The summed E-state index contributed by atoms with van der Waals surface area (Å²) in [7, 11) is -3.45. The molecular formula is C14H20N2O3S. The highest BCUT2D eigenvalue weighted by Gasteiger charge is 2.21. The Morgan fingerprint density at radius 1 is 1.40 bits per heavy atom. The topological polar surface area (TPSA) is 90.2 Å². The fourth-order valence-electron chi connectivity index (χ4n) is 1.70. The first-order valence-electron chi connectivity index (χ1n) is 6.35. The molecule has 0 unspecified atom stereocenters. The lowest BCUT2D eigenvalue weighted by Gasteiger charge is -2.23. The van der Waals surface area contributed by atoms with E-state index in [1.54, 1.807) is 24.3 Å². The molecule has 0 bridgehead atoms. The summed E-state index contributed by atoms with van der Waals surface area (Å²) < 4.78 is 26.5. The lowest BCUT2D eigenvalue weighted by Crippen LogP contribution is -2.35. The van der Waals surface area contributed by atoms with E-state index in [1.165, 1.54) is 0 Å². The van der Waals surface area contributed by atoms with Crippen molar-refractivity contribution in [3.63, 3.8) is 0 Å². The minimum absolute atomic E-state index is 0.0267. The maximum Gasteiger partial charge on any atom is 0.215 e. The van der Waals surface area contributed by atoms with E-state index >= 15 is 0 Å². The molecule has 0 aliphatic carbocycles. The molecule has 0 atom stereocenters. The van der Waals surface area contributed by atoms with Gasteiger partial charge in [0.15, 0.2) is 0 Å². The average Bonchev–Trinajstić information content (AvgIpc) is 2.36. The summed E-state index contributed by atoms with van der Waals surface area (Å²) in [6, 6.07) is 8.53. The second kappa shape index (κ2) is 6.84. The van der Waals surface area contributed by atoms with Crippen molar-refractivity contribution >= 4 is 10.0 Å². The van der Waals surface area contributed by atoms with E-state index in [2.05, 4.69) is 4.72 Å². The van der Waals surface area contributed by atoms with E-state index in [1.807, 2.05) is 19.9 Å². The fraction of sp³-hybridized carbons (Fsp3) is 0.500. The van der Waals surface area contributed by atoms with Crippen LogP contribution >= 0.6 is 0 Å². The molecule has 0 heterocycles. The van der Waals surface area contributed by atoms with E-state index < -0.39 is 10.0 Å². The van der Waals surface area contributed by atoms with Crippen molar-refractivity contribution in [3.05, 3.63) is 35.4 Å². The number of rotatable bonds is 7. The Bertz CT molecular complexity index is 589. The minimum atomic E-state index is -3.45. The molecule has 0 fully saturated rings. The zero-order chi connectivity index (χ0) is 15.2. The summed E-state index contributed by atoms with van der Waals surface area (Å²) in [5.41, 5.74) is 0.728. The highest BCUT2D eigenvalue weighted by Crippen LogP contribution is 2.19. The van der Waals surface area contributed by atoms with Gasteiger partial charge in [0.2, 0.25) is 10.0 Å². The van der Waals surface area contributed by atoms with Gasteiger partial charge in [0, 0.05) is 13.2 Å². The van der Waals surface area contributed by atoms with Gasteiger partial charge < -0.3 is 5.11 Å². The second-order valence-electron chi connectivity index (χ2n) is 5.53. The first-order valence-corrected chi connectivity index (χ1v) is 8.00. The van der Waals surface area contributed by atoms with Crippen LogP contribution in [0.15, 0.2) is 24.3 Å². The number of benzene rings is 1. The summed E-state index contributed by atoms with van der Waals surface area (Å²) in [4.78, 5) is 0. The zero-order valence-corrected chi connectivity index (χ0v) is 12.6. The van der Waals surface area contributed by atoms with E-state index in [4.69, 9.17) is 10.4 Å². The van der Waals surface area contributed by atoms with Crippen molar-refractivity contribution in [3.8, 4) is 6.07 Å². The van der Waals surface area contributed by atoms with Crippen molar-refractivity contribution in [1.29, 1.82) is 5.26 Å². The van der Waals surface area contributed by atoms with Gasteiger partial charge in [-0.05, 0) is 29.5 Å². The lowest BCUT2D eigenvalue weighted by molar-refractivity contribution is 0.213. The van der Waals surface area contributed by atoms with Gasteiger partial charge in [-0.1, -0.05) is 26.0 Å². The number of hydrogen-bond donors (Lipinski definition) is 2. The molecule has 6 heteroatoms. The Labute approximate surface area is 120 Å². The normalized spacial score (nSPS) is 12.1. The molecule has 2 N–H and O–H groups in total. The van der Waals surface area contributed by atoms with Gasteiger partial charge in [-0.15, -0.1) is 0 Å². The predicted molar refractivity (Wildman–Crippen MR) is 77.3 cm³/mol. The predicted octanol–water partition coefficient (Wildman–Crippen LogP) is 1.39. The molecule has 20 heavy (non-hydrogen) atoms. The third-order valence-corrected chi connectivity index (χ3v) is 4.27. The molecule has 0 aliphatic heterocycles. The maximum atomic E-state index is 12.0. The summed E-state index contributed by atoms with van der Waals surface area (Å²) >= 11 is 0. The van der Waals surface area contributed by atoms with Crippen LogP contribution in [0.2, 0.25) is 0 Å². The summed E-state index contributed by atoms with van der Waals surface area (Å²) in [5.74, 6) is -0.155. The van der Waals surface area contributed by atoms with E-state index in [0.29, 0.717) is 17.5 Å². The molecule has 1 aromatic rings. The number of nitrogens with zero attached hydrogens (tertiary/aromatic N) is 1. The molecule has 1 rings (SSSR count). The van der Waals surface area contributed by atoms with E-state index in [9.17, 15) is 8.42 Å². The molecule has 0 amide bonds. The van der Waals surface area contributed by atoms with Crippen LogP contribution in [0.1, 0.15) is 31.4 Å². The molecule has 0 radical (unpaired) electrons. The largest absolute Gasteiger partial charge is 0.396 e. The monoisotopic (exact) mass is 296 g/mol. The van der Waals surface area contributed by atoms with Crippen LogP contribution in [0, 0.1) is 16.7 Å². The number of sulfonamides is 1. The van der Waals surface area contributed by atoms with Gasteiger partial charge in [-0.25, -0.2) is 13.1 Å². The van der Waals surface area contributed by atoms with Gasteiger partial charge in [-0.2, -0.15) is 5.26 Å². The molecule has 5 nitrogen and oxygen atoms in total. The van der Waals surface area contributed by atoms with Crippen LogP contribution in [0.4, 0.5) is 0 Å². The molecule has 0 aliphatic rings. The molecule has 0 aromatic heterocycles. The van der Waals surface area contributed by atoms with Gasteiger partial charge in [-0.3, -0.25) is 0 Å². The Kier molecular flexibility index (Phi) is 5.69. The third kappa shape index (κ3) is 5.70. The van der Waals surface area contributed by atoms with Crippen molar-refractivity contribution < 1.29 is 13.5 Å². The van der Waals surface area contributed by atoms with Gasteiger partial charge in [0.05, 0.1) is 17.4 Å². The zero-order valence-electron chi connectivity index (χ0n) is 11.8. The first kappa shape index (κ1) is 16.6. The Morgan fingerprint density at radius 2 is 2.10 bits per heavy atom. The Hall–Kier alpha value is -1.42.